The number of carbonyl (C=O) groups excluding carboxylic acids is 1. The van der Waals surface area contributed by atoms with Crippen molar-refractivity contribution in [1.82, 2.24) is 10.3 Å². The van der Waals surface area contributed by atoms with E-state index in [1.54, 1.807) is 13.3 Å². The highest BCUT2D eigenvalue weighted by atomic mass is 16.5. The van der Waals surface area contributed by atoms with Crippen molar-refractivity contribution < 1.29 is 13.9 Å². The first-order valence-corrected chi connectivity index (χ1v) is 5.99. The fourth-order valence-corrected chi connectivity index (χ4v) is 1.74. The van der Waals surface area contributed by atoms with E-state index in [4.69, 9.17) is 9.15 Å². The van der Waals surface area contributed by atoms with Crippen molar-refractivity contribution in [2.45, 2.75) is 19.9 Å². The number of methoxy groups -OCH3 is 1. The number of nitrogens with zero attached hydrogens (tertiary/aromatic N) is 1. The van der Waals surface area contributed by atoms with Crippen molar-refractivity contribution in [3.8, 4) is 5.75 Å². The number of oxazole rings is 1. The van der Waals surface area contributed by atoms with Crippen LogP contribution in [0.4, 0.5) is 0 Å². The van der Waals surface area contributed by atoms with Gasteiger partial charge in [0.1, 0.15) is 11.5 Å². The molecule has 0 bridgehead atoms. The summed E-state index contributed by atoms with van der Waals surface area (Å²) < 4.78 is 10.5. The first-order valence-electron chi connectivity index (χ1n) is 5.99. The summed E-state index contributed by atoms with van der Waals surface area (Å²) in [6, 6.07) is 7.45. The van der Waals surface area contributed by atoms with Crippen LogP contribution in [0.25, 0.3) is 0 Å². The van der Waals surface area contributed by atoms with Crippen molar-refractivity contribution in [1.29, 1.82) is 0 Å². The molecule has 5 nitrogen and oxygen atoms in total. The first-order chi connectivity index (χ1) is 9.19. The highest BCUT2D eigenvalue weighted by Gasteiger charge is 2.09. The largest absolute Gasteiger partial charge is 0.496 e. The molecule has 1 aromatic heterocycles. The molecule has 0 aliphatic carbocycles. The van der Waals surface area contributed by atoms with Crippen LogP contribution in [0.1, 0.15) is 17.2 Å². The fourth-order valence-electron chi connectivity index (χ4n) is 1.74. The van der Waals surface area contributed by atoms with E-state index < -0.39 is 0 Å². The second-order valence-electron chi connectivity index (χ2n) is 4.13. The third-order valence-corrected chi connectivity index (χ3v) is 2.65. The molecule has 1 N–H and O–H groups in total. The van der Waals surface area contributed by atoms with Gasteiger partial charge in [0.2, 0.25) is 11.8 Å². The van der Waals surface area contributed by atoms with E-state index >= 15 is 0 Å². The molecule has 0 unspecified atom stereocenters. The molecule has 0 fully saturated rings. The van der Waals surface area contributed by atoms with Gasteiger partial charge in [-0.15, -0.1) is 0 Å². The molecule has 100 valence electrons. The number of amides is 1. The van der Waals surface area contributed by atoms with E-state index in [1.807, 2.05) is 31.2 Å². The molecule has 1 amide bonds. The van der Waals surface area contributed by atoms with Crippen LogP contribution >= 0.6 is 0 Å². The second-order valence-corrected chi connectivity index (χ2v) is 4.13. The van der Waals surface area contributed by atoms with Crippen LogP contribution in [-0.2, 0) is 17.8 Å². The van der Waals surface area contributed by atoms with Gasteiger partial charge in [-0.3, -0.25) is 4.79 Å². The Labute approximate surface area is 111 Å². The first kappa shape index (κ1) is 13.1. The number of aromatic nitrogens is 1. The molecule has 0 aliphatic rings. The average molecular weight is 260 g/mol. The summed E-state index contributed by atoms with van der Waals surface area (Å²) in [6.07, 6.45) is 1.89. The summed E-state index contributed by atoms with van der Waals surface area (Å²) >= 11 is 0. The third-order valence-electron chi connectivity index (χ3n) is 2.65. The van der Waals surface area contributed by atoms with Crippen molar-refractivity contribution >= 4 is 5.91 Å². The quantitative estimate of drug-likeness (QED) is 0.891. The smallest absolute Gasteiger partial charge is 0.224 e. The van der Waals surface area contributed by atoms with Crippen molar-refractivity contribution in [3.05, 3.63) is 47.7 Å². The van der Waals surface area contributed by atoms with Crippen molar-refractivity contribution in [2.75, 3.05) is 7.11 Å². The minimum Gasteiger partial charge on any atom is -0.496 e. The van der Waals surface area contributed by atoms with Crippen LogP contribution in [0.3, 0.4) is 0 Å². The molecular weight excluding hydrogens is 244 g/mol. The van der Waals surface area contributed by atoms with E-state index in [0.29, 0.717) is 18.2 Å². The number of hydrogen-bond donors (Lipinski definition) is 1. The summed E-state index contributed by atoms with van der Waals surface area (Å²) in [5, 5.41) is 2.76. The molecule has 0 atom stereocenters. The molecule has 1 heterocycles. The number of hydrogen-bond acceptors (Lipinski definition) is 4. The fraction of sp³-hybridized carbons (Fsp3) is 0.286. The lowest BCUT2D eigenvalue weighted by molar-refractivity contribution is -0.120. The lowest BCUT2D eigenvalue weighted by atomic mass is 10.1. The van der Waals surface area contributed by atoms with E-state index in [1.165, 1.54) is 0 Å². The Balaban J connectivity index is 1.90. The third kappa shape index (κ3) is 3.58. The Kier molecular flexibility index (Phi) is 4.18. The van der Waals surface area contributed by atoms with Crippen LogP contribution in [0.5, 0.6) is 5.75 Å². The number of nitrogens with one attached hydrogen (secondary N) is 1. The zero-order valence-corrected chi connectivity index (χ0v) is 11.0. The van der Waals surface area contributed by atoms with Crippen LogP contribution < -0.4 is 10.1 Å². The van der Waals surface area contributed by atoms with Crippen molar-refractivity contribution in [3.63, 3.8) is 0 Å². The van der Waals surface area contributed by atoms with E-state index in [2.05, 4.69) is 10.3 Å². The molecule has 0 spiro atoms. The number of aryl methyl sites for hydroxylation is 1. The predicted molar refractivity (Wildman–Crippen MR) is 69.8 cm³/mol. The number of carbonyl (C=O) groups is 1. The topological polar surface area (TPSA) is 64.4 Å². The Hall–Kier alpha value is -2.30. The molecule has 1 aromatic carbocycles. The van der Waals surface area contributed by atoms with Gasteiger partial charge in [0, 0.05) is 5.56 Å². The summed E-state index contributed by atoms with van der Waals surface area (Å²) in [5.74, 6) is 1.85. The van der Waals surface area contributed by atoms with Crippen LogP contribution in [0, 0.1) is 6.92 Å². The molecular formula is C14H16N2O3. The highest BCUT2D eigenvalue weighted by molar-refractivity contribution is 5.79. The van der Waals surface area contributed by atoms with Gasteiger partial charge < -0.3 is 14.5 Å². The minimum absolute atomic E-state index is 0.0969. The van der Waals surface area contributed by atoms with Gasteiger partial charge in [-0.05, 0) is 13.0 Å². The molecule has 0 saturated heterocycles. The lowest BCUT2D eigenvalue weighted by Crippen LogP contribution is -2.24. The maximum Gasteiger partial charge on any atom is 0.224 e. The summed E-state index contributed by atoms with van der Waals surface area (Å²) in [6.45, 7) is 2.11. The molecule has 19 heavy (non-hydrogen) atoms. The molecule has 2 rings (SSSR count). The minimum atomic E-state index is -0.0969. The normalized spacial score (nSPS) is 10.2. The van der Waals surface area contributed by atoms with E-state index in [0.717, 1.165) is 11.3 Å². The average Bonchev–Trinajstić information content (AvgIpc) is 2.83. The van der Waals surface area contributed by atoms with Gasteiger partial charge in [-0.2, -0.15) is 0 Å². The molecule has 0 saturated carbocycles. The summed E-state index contributed by atoms with van der Waals surface area (Å²) in [7, 11) is 1.59. The molecule has 2 aromatic rings. The van der Waals surface area contributed by atoms with Gasteiger partial charge >= 0.3 is 0 Å². The Morgan fingerprint density at radius 1 is 1.42 bits per heavy atom. The number of ether oxygens (including phenoxy) is 1. The number of rotatable bonds is 5. The molecule has 5 heteroatoms. The Morgan fingerprint density at radius 3 is 2.89 bits per heavy atom. The summed E-state index contributed by atoms with van der Waals surface area (Å²) in [4.78, 5) is 15.8. The van der Waals surface area contributed by atoms with Gasteiger partial charge in [0.15, 0.2) is 0 Å². The zero-order valence-electron chi connectivity index (χ0n) is 11.0. The lowest BCUT2D eigenvalue weighted by Gasteiger charge is -2.07. The predicted octanol–water partition coefficient (Wildman–Crippen LogP) is 1.85. The van der Waals surface area contributed by atoms with Crippen LogP contribution in [-0.4, -0.2) is 18.0 Å². The van der Waals surface area contributed by atoms with Crippen LogP contribution in [0.15, 0.2) is 34.9 Å². The van der Waals surface area contributed by atoms with Gasteiger partial charge in [0.25, 0.3) is 0 Å². The Bertz CT molecular complexity index is 563. The second kappa shape index (κ2) is 6.04. The van der Waals surface area contributed by atoms with E-state index in [-0.39, 0.29) is 12.3 Å². The maximum absolute atomic E-state index is 11.8. The van der Waals surface area contributed by atoms with E-state index in [9.17, 15) is 4.79 Å². The standard InChI is InChI=1S/C14H16N2O3/c1-10-8-16-14(19-10)9-15-13(17)7-11-5-3-4-6-12(11)18-2/h3-6,8H,7,9H2,1-2H3,(H,15,17). The number of para-hydroxylation sites is 1. The van der Waals surface area contributed by atoms with Gasteiger partial charge in [-0.1, -0.05) is 18.2 Å². The maximum atomic E-state index is 11.8. The van der Waals surface area contributed by atoms with Gasteiger partial charge in [-0.25, -0.2) is 4.98 Å². The summed E-state index contributed by atoms with van der Waals surface area (Å²) in [5.41, 5.74) is 0.853. The number of benzene rings is 1. The Morgan fingerprint density at radius 2 is 2.21 bits per heavy atom. The monoisotopic (exact) mass is 260 g/mol. The highest BCUT2D eigenvalue weighted by Crippen LogP contribution is 2.17. The van der Waals surface area contributed by atoms with Gasteiger partial charge in [0.05, 0.1) is 26.3 Å². The molecule has 0 radical (unpaired) electrons. The SMILES string of the molecule is COc1ccccc1CC(=O)NCc1ncc(C)o1. The van der Waals surface area contributed by atoms with Crippen LogP contribution in [0.2, 0.25) is 0 Å². The van der Waals surface area contributed by atoms with Crippen molar-refractivity contribution in [2.24, 2.45) is 0 Å². The zero-order chi connectivity index (χ0) is 13.7. The molecule has 0 aliphatic heterocycles.